The van der Waals surface area contributed by atoms with E-state index in [1.54, 1.807) is 17.9 Å². The highest BCUT2D eigenvalue weighted by atomic mass is 32.2. The predicted octanol–water partition coefficient (Wildman–Crippen LogP) is 1.69. The van der Waals surface area contributed by atoms with Crippen LogP contribution in [0.5, 0.6) is 11.5 Å². The monoisotopic (exact) mass is 440 g/mol. The Labute approximate surface area is 174 Å². The second kappa shape index (κ2) is 9.06. The molecule has 1 N–H and O–H groups in total. The first-order valence-electron chi connectivity index (χ1n) is 9.15. The van der Waals surface area contributed by atoms with Gasteiger partial charge in [0.15, 0.2) is 0 Å². The number of likely N-dealkylation sites (tertiary alicyclic amines) is 1. The third-order valence-electron chi connectivity index (χ3n) is 4.97. The number of methoxy groups -OCH3 is 2. The summed E-state index contributed by atoms with van der Waals surface area (Å²) in [5, 5.41) is 3.88. The van der Waals surface area contributed by atoms with Crippen LogP contribution in [-0.2, 0) is 10.0 Å². The number of sulfonamides is 1. The Morgan fingerprint density at radius 1 is 1.28 bits per heavy atom. The number of carbonyl (C=O) groups excluding carboxylic acids is 1. The van der Waals surface area contributed by atoms with Gasteiger partial charge in [0.05, 0.1) is 19.9 Å². The maximum atomic E-state index is 12.7. The van der Waals surface area contributed by atoms with E-state index in [0.29, 0.717) is 36.0 Å². The summed E-state index contributed by atoms with van der Waals surface area (Å²) in [5.74, 6) is 0.841. The number of ether oxygens (including phenoxy) is 2. The maximum absolute atomic E-state index is 12.7. The molecule has 0 saturated carbocycles. The van der Waals surface area contributed by atoms with Gasteiger partial charge in [0, 0.05) is 25.7 Å². The third-order valence-corrected chi connectivity index (χ3v) is 7.25. The average molecular weight is 441 g/mol. The van der Waals surface area contributed by atoms with Gasteiger partial charge in [-0.15, -0.1) is 5.10 Å². The first-order valence-corrected chi connectivity index (χ1v) is 11.4. The second-order valence-corrected chi connectivity index (χ2v) is 9.28. The lowest BCUT2D eigenvalue weighted by molar-refractivity contribution is 0.0696. The molecule has 1 aromatic carbocycles. The van der Waals surface area contributed by atoms with Gasteiger partial charge in [-0.2, -0.15) is 0 Å². The minimum atomic E-state index is -3.72. The van der Waals surface area contributed by atoms with Gasteiger partial charge in [0.25, 0.3) is 5.91 Å². The Balaban J connectivity index is 1.57. The summed E-state index contributed by atoms with van der Waals surface area (Å²) in [6, 6.07) is 4.58. The fourth-order valence-electron chi connectivity index (χ4n) is 3.21. The molecule has 0 aliphatic carbocycles. The van der Waals surface area contributed by atoms with E-state index >= 15 is 0 Å². The normalized spacial score (nSPS) is 15.3. The summed E-state index contributed by atoms with van der Waals surface area (Å²) in [4.78, 5) is 14.9. The van der Waals surface area contributed by atoms with Gasteiger partial charge in [-0.25, -0.2) is 13.1 Å². The summed E-state index contributed by atoms with van der Waals surface area (Å²) in [6.07, 6.45) is 1.44. The first-order chi connectivity index (χ1) is 13.9. The first kappa shape index (κ1) is 21.5. The quantitative estimate of drug-likeness (QED) is 0.697. The molecule has 1 fully saturated rings. The molecule has 0 spiro atoms. The molecule has 158 valence electrons. The molecule has 9 nitrogen and oxygen atoms in total. The van der Waals surface area contributed by atoms with Crippen LogP contribution in [-0.4, -0.2) is 62.7 Å². The molecule has 3 rings (SSSR count). The van der Waals surface area contributed by atoms with Crippen molar-refractivity contribution in [3.8, 4) is 11.5 Å². The summed E-state index contributed by atoms with van der Waals surface area (Å²) in [5.41, 5.74) is 0.642. The van der Waals surface area contributed by atoms with Crippen LogP contribution >= 0.6 is 11.5 Å². The Hall–Kier alpha value is -2.24. The minimum Gasteiger partial charge on any atom is -0.497 e. The topological polar surface area (TPSA) is 111 Å². The standard InChI is InChI=1S/C18H24N4O5S2/c1-12-17(28-21-20-12)18(23)22-8-6-13(7-9-22)11-19-29(24,25)16-5-4-14(26-2)10-15(16)27-3/h4-5,10,13,19H,6-9,11H2,1-3H3. The van der Waals surface area contributed by atoms with Gasteiger partial charge < -0.3 is 14.4 Å². The molecule has 1 saturated heterocycles. The van der Waals surface area contributed by atoms with E-state index in [4.69, 9.17) is 9.47 Å². The molecule has 2 aromatic rings. The van der Waals surface area contributed by atoms with Crippen LogP contribution in [0.2, 0.25) is 0 Å². The lowest BCUT2D eigenvalue weighted by Gasteiger charge is -2.31. The second-order valence-electron chi connectivity index (χ2n) is 6.79. The highest BCUT2D eigenvalue weighted by molar-refractivity contribution is 7.89. The van der Waals surface area contributed by atoms with Crippen molar-refractivity contribution in [1.82, 2.24) is 19.2 Å². The van der Waals surface area contributed by atoms with Gasteiger partial charge >= 0.3 is 0 Å². The number of amides is 1. The number of piperidine rings is 1. The minimum absolute atomic E-state index is 0.0560. The van der Waals surface area contributed by atoms with E-state index in [1.165, 1.54) is 26.4 Å². The van der Waals surface area contributed by atoms with Gasteiger partial charge in [-0.1, -0.05) is 4.49 Å². The lowest BCUT2D eigenvalue weighted by atomic mass is 9.97. The lowest BCUT2D eigenvalue weighted by Crippen LogP contribution is -2.41. The number of nitrogens with one attached hydrogen (secondary N) is 1. The number of nitrogens with zero attached hydrogens (tertiary/aromatic N) is 3. The molecular weight excluding hydrogens is 416 g/mol. The maximum Gasteiger partial charge on any atom is 0.267 e. The molecule has 0 bridgehead atoms. The molecule has 0 unspecified atom stereocenters. The predicted molar refractivity (Wildman–Crippen MR) is 108 cm³/mol. The van der Waals surface area contributed by atoms with Crippen LogP contribution in [0.15, 0.2) is 23.1 Å². The molecule has 0 atom stereocenters. The van der Waals surface area contributed by atoms with E-state index < -0.39 is 10.0 Å². The van der Waals surface area contributed by atoms with Crippen LogP contribution in [0, 0.1) is 12.8 Å². The largest absolute Gasteiger partial charge is 0.497 e. The number of rotatable bonds is 7. The fourth-order valence-corrected chi connectivity index (χ4v) is 5.10. The number of hydrogen-bond acceptors (Lipinski definition) is 8. The number of carbonyl (C=O) groups is 1. The van der Waals surface area contributed by atoms with Crippen LogP contribution in [0.25, 0.3) is 0 Å². The third kappa shape index (κ3) is 4.85. The van der Waals surface area contributed by atoms with E-state index in [9.17, 15) is 13.2 Å². The number of aromatic nitrogens is 2. The Bertz CT molecular complexity index is 968. The Kier molecular flexibility index (Phi) is 6.70. The fraction of sp³-hybridized carbons (Fsp3) is 0.500. The number of hydrogen-bond donors (Lipinski definition) is 1. The van der Waals surface area contributed by atoms with E-state index in [1.807, 2.05) is 0 Å². The van der Waals surface area contributed by atoms with Crippen LogP contribution in [0.4, 0.5) is 0 Å². The van der Waals surface area contributed by atoms with Crippen LogP contribution < -0.4 is 14.2 Å². The van der Waals surface area contributed by atoms with Crippen molar-refractivity contribution in [3.05, 3.63) is 28.8 Å². The van der Waals surface area contributed by atoms with E-state index in [0.717, 1.165) is 24.4 Å². The number of aryl methyl sites for hydroxylation is 1. The van der Waals surface area contributed by atoms with E-state index in [-0.39, 0.29) is 22.5 Å². The summed E-state index contributed by atoms with van der Waals surface area (Å²) >= 11 is 1.10. The highest BCUT2D eigenvalue weighted by Crippen LogP contribution is 2.28. The molecule has 11 heteroatoms. The SMILES string of the molecule is COc1ccc(S(=O)(=O)NCC2CCN(C(=O)c3snnc3C)CC2)c(OC)c1. The van der Waals surface area contributed by atoms with Crippen LogP contribution in [0.3, 0.4) is 0 Å². The van der Waals surface area contributed by atoms with Gasteiger partial charge in [-0.05, 0) is 49.3 Å². The molecule has 2 heterocycles. The molecule has 1 aromatic heterocycles. The molecule has 0 radical (unpaired) electrons. The van der Waals surface area contributed by atoms with Crippen LogP contribution in [0.1, 0.15) is 28.2 Å². The summed E-state index contributed by atoms with van der Waals surface area (Å²) < 4.78 is 42.2. The molecule has 29 heavy (non-hydrogen) atoms. The molecule has 1 aliphatic heterocycles. The molecule has 1 amide bonds. The van der Waals surface area contributed by atoms with Crippen molar-refractivity contribution in [2.45, 2.75) is 24.7 Å². The van der Waals surface area contributed by atoms with Gasteiger partial charge in [0.1, 0.15) is 21.3 Å². The van der Waals surface area contributed by atoms with Crippen molar-refractivity contribution in [3.63, 3.8) is 0 Å². The zero-order valence-corrected chi connectivity index (χ0v) is 18.2. The van der Waals surface area contributed by atoms with Crippen molar-refractivity contribution in [2.75, 3.05) is 33.9 Å². The van der Waals surface area contributed by atoms with Crippen molar-refractivity contribution < 1.29 is 22.7 Å². The molecular formula is C18H24N4O5S2. The zero-order chi connectivity index (χ0) is 21.0. The van der Waals surface area contributed by atoms with Crippen molar-refractivity contribution >= 4 is 27.5 Å². The van der Waals surface area contributed by atoms with Crippen molar-refractivity contribution in [1.29, 1.82) is 0 Å². The van der Waals surface area contributed by atoms with Gasteiger partial charge in [0.2, 0.25) is 10.0 Å². The average Bonchev–Trinajstić information content (AvgIpc) is 3.17. The smallest absolute Gasteiger partial charge is 0.267 e. The molecule has 1 aliphatic rings. The van der Waals surface area contributed by atoms with Crippen molar-refractivity contribution in [2.24, 2.45) is 5.92 Å². The summed E-state index contributed by atoms with van der Waals surface area (Å²) in [7, 11) is -0.802. The highest BCUT2D eigenvalue weighted by Gasteiger charge is 2.28. The van der Waals surface area contributed by atoms with E-state index in [2.05, 4.69) is 14.3 Å². The number of benzene rings is 1. The zero-order valence-electron chi connectivity index (χ0n) is 16.5. The Morgan fingerprint density at radius 3 is 2.59 bits per heavy atom. The summed E-state index contributed by atoms with van der Waals surface area (Å²) in [6.45, 7) is 3.23. The van der Waals surface area contributed by atoms with Gasteiger partial charge in [-0.3, -0.25) is 4.79 Å². The Morgan fingerprint density at radius 2 is 2.00 bits per heavy atom.